The zero-order valence-electron chi connectivity index (χ0n) is 8.91. The normalized spacial score (nSPS) is 12.9. The zero-order valence-corrected chi connectivity index (χ0v) is 8.91. The number of nitrogens with one attached hydrogen (secondary N) is 1. The Bertz CT molecular complexity index is 414. The molecule has 0 aromatic heterocycles. The minimum atomic E-state index is -4.83. The molecule has 1 rings (SSSR count). The Balaban J connectivity index is 2.96. The highest BCUT2D eigenvalue weighted by atomic mass is 19.4. The van der Waals surface area contributed by atoms with Crippen molar-refractivity contribution in [3.63, 3.8) is 0 Å². The Morgan fingerprint density at radius 2 is 1.71 bits per heavy atom. The lowest BCUT2D eigenvalue weighted by Gasteiger charge is -2.15. The third-order valence-electron chi connectivity index (χ3n) is 2.07. The summed E-state index contributed by atoms with van der Waals surface area (Å²) in [5.41, 5.74) is 0.238. The van der Waals surface area contributed by atoms with E-state index in [2.05, 4.69) is 0 Å². The first kappa shape index (κ1) is 13.2. The number of halogens is 3. The summed E-state index contributed by atoms with van der Waals surface area (Å²) >= 11 is 0. The van der Waals surface area contributed by atoms with Crippen molar-refractivity contribution >= 4 is 11.7 Å². The van der Waals surface area contributed by atoms with Crippen LogP contribution in [0.5, 0.6) is 0 Å². The summed E-state index contributed by atoms with van der Waals surface area (Å²) in [7, 11) is 0. The van der Waals surface area contributed by atoms with E-state index in [-0.39, 0.29) is 5.56 Å². The van der Waals surface area contributed by atoms with Crippen LogP contribution >= 0.6 is 0 Å². The van der Waals surface area contributed by atoms with Crippen molar-refractivity contribution in [1.29, 1.82) is 0 Å². The number of benzene rings is 1. The predicted molar refractivity (Wildman–Crippen MR) is 54.1 cm³/mol. The molecule has 1 aromatic rings. The van der Waals surface area contributed by atoms with Gasteiger partial charge in [0.2, 0.25) is 5.91 Å². The summed E-state index contributed by atoms with van der Waals surface area (Å²) in [6, 6.07) is 7.60. The number of amides is 1. The SMILES string of the molecule is CC(=O)C(C(=O)NC(F)(F)F)c1ccccc1. The molecule has 92 valence electrons. The molecule has 0 saturated heterocycles. The highest BCUT2D eigenvalue weighted by molar-refractivity contribution is 6.05. The molecule has 1 N–H and O–H groups in total. The van der Waals surface area contributed by atoms with Gasteiger partial charge in [-0.05, 0) is 12.5 Å². The van der Waals surface area contributed by atoms with Gasteiger partial charge < -0.3 is 0 Å². The summed E-state index contributed by atoms with van der Waals surface area (Å²) in [6.45, 7) is 1.08. The Morgan fingerprint density at radius 1 is 1.18 bits per heavy atom. The van der Waals surface area contributed by atoms with Gasteiger partial charge in [0.15, 0.2) is 0 Å². The Kier molecular flexibility index (Phi) is 3.88. The van der Waals surface area contributed by atoms with Crippen LogP contribution in [0.3, 0.4) is 0 Å². The fourth-order valence-corrected chi connectivity index (χ4v) is 1.43. The molecule has 1 amide bonds. The number of carbonyl (C=O) groups excluding carboxylic acids is 2. The van der Waals surface area contributed by atoms with E-state index in [1.807, 2.05) is 0 Å². The topological polar surface area (TPSA) is 46.2 Å². The van der Waals surface area contributed by atoms with Crippen LogP contribution in [0, 0.1) is 0 Å². The molecule has 0 spiro atoms. The fourth-order valence-electron chi connectivity index (χ4n) is 1.43. The second-order valence-corrected chi connectivity index (χ2v) is 3.44. The van der Waals surface area contributed by atoms with Gasteiger partial charge in [-0.1, -0.05) is 30.3 Å². The summed E-state index contributed by atoms with van der Waals surface area (Å²) < 4.78 is 36.0. The Labute approximate surface area is 95.6 Å². The number of Topliss-reactive ketones (excluding diaryl/α,β-unsaturated/α-hetero) is 1. The molecule has 3 nitrogen and oxygen atoms in total. The maximum absolute atomic E-state index is 12.0. The van der Waals surface area contributed by atoms with E-state index in [9.17, 15) is 22.8 Å². The van der Waals surface area contributed by atoms with Gasteiger partial charge in [-0.25, -0.2) is 0 Å². The summed E-state index contributed by atoms with van der Waals surface area (Å²) in [5.74, 6) is -3.44. The van der Waals surface area contributed by atoms with Crippen LogP contribution in [0.1, 0.15) is 18.4 Å². The molecule has 6 heteroatoms. The van der Waals surface area contributed by atoms with Crippen molar-refractivity contribution in [2.75, 3.05) is 0 Å². The molecular weight excluding hydrogens is 235 g/mol. The van der Waals surface area contributed by atoms with Gasteiger partial charge >= 0.3 is 6.30 Å². The molecule has 17 heavy (non-hydrogen) atoms. The maximum Gasteiger partial charge on any atom is 0.484 e. The van der Waals surface area contributed by atoms with Crippen LogP contribution in [0.25, 0.3) is 0 Å². The zero-order chi connectivity index (χ0) is 13.1. The van der Waals surface area contributed by atoms with E-state index >= 15 is 0 Å². The molecule has 0 bridgehead atoms. The van der Waals surface area contributed by atoms with Crippen LogP contribution in [0.2, 0.25) is 0 Å². The highest BCUT2D eigenvalue weighted by Crippen LogP contribution is 2.19. The summed E-state index contributed by atoms with van der Waals surface area (Å²) in [4.78, 5) is 22.6. The van der Waals surface area contributed by atoms with E-state index in [0.717, 1.165) is 12.2 Å². The molecule has 0 saturated carbocycles. The minimum Gasteiger partial charge on any atom is -0.299 e. The van der Waals surface area contributed by atoms with Gasteiger partial charge in [0, 0.05) is 0 Å². The summed E-state index contributed by atoms with van der Waals surface area (Å²) in [5, 5.41) is 0.839. The number of rotatable bonds is 3. The molecule has 0 fully saturated rings. The lowest BCUT2D eigenvalue weighted by atomic mass is 9.95. The molecule has 0 aliphatic rings. The Morgan fingerprint density at radius 3 is 2.12 bits per heavy atom. The van der Waals surface area contributed by atoms with Crippen LogP contribution in [-0.2, 0) is 9.59 Å². The quantitative estimate of drug-likeness (QED) is 0.654. The average molecular weight is 245 g/mol. The van der Waals surface area contributed by atoms with Gasteiger partial charge in [0.25, 0.3) is 0 Å². The van der Waals surface area contributed by atoms with Crippen LogP contribution in [0.15, 0.2) is 30.3 Å². The van der Waals surface area contributed by atoms with Gasteiger partial charge in [-0.2, -0.15) is 13.2 Å². The molecule has 0 radical (unpaired) electrons. The van der Waals surface area contributed by atoms with E-state index < -0.39 is 23.9 Å². The molecule has 0 aliphatic heterocycles. The first-order valence-electron chi connectivity index (χ1n) is 4.75. The average Bonchev–Trinajstić information content (AvgIpc) is 2.15. The van der Waals surface area contributed by atoms with E-state index in [1.54, 1.807) is 18.2 Å². The van der Waals surface area contributed by atoms with Gasteiger partial charge in [0.1, 0.15) is 11.7 Å². The Hall–Kier alpha value is -1.85. The van der Waals surface area contributed by atoms with Crippen LogP contribution < -0.4 is 5.32 Å². The fraction of sp³-hybridized carbons (Fsp3) is 0.273. The molecule has 1 atom stereocenters. The van der Waals surface area contributed by atoms with Crippen molar-refractivity contribution < 1.29 is 22.8 Å². The largest absolute Gasteiger partial charge is 0.484 e. The third kappa shape index (κ3) is 3.90. The lowest BCUT2D eigenvalue weighted by Crippen LogP contribution is -2.42. The first-order valence-corrected chi connectivity index (χ1v) is 4.75. The standard InChI is InChI=1S/C11H10F3NO2/c1-7(16)9(8-5-3-2-4-6-8)10(17)15-11(12,13)14/h2-6,9H,1H3,(H,15,17). The predicted octanol–water partition coefficient (Wildman–Crippen LogP) is 2.00. The smallest absolute Gasteiger partial charge is 0.299 e. The molecule has 1 aromatic carbocycles. The van der Waals surface area contributed by atoms with Crippen molar-refractivity contribution in [3.05, 3.63) is 35.9 Å². The van der Waals surface area contributed by atoms with Gasteiger partial charge in [-0.15, -0.1) is 0 Å². The minimum absolute atomic E-state index is 0.238. The van der Waals surface area contributed by atoms with Crippen molar-refractivity contribution in [3.8, 4) is 0 Å². The number of hydrogen-bond donors (Lipinski definition) is 1. The summed E-state index contributed by atoms with van der Waals surface area (Å²) in [6.07, 6.45) is -4.83. The number of carbonyl (C=O) groups is 2. The number of ketones is 1. The second kappa shape index (κ2) is 4.99. The molecule has 0 aliphatic carbocycles. The van der Waals surface area contributed by atoms with Gasteiger partial charge in [0.05, 0.1) is 0 Å². The lowest BCUT2D eigenvalue weighted by molar-refractivity contribution is -0.170. The van der Waals surface area contributed by atoms with Crippen molar-refractivity contribution in [2.24, 2.45) is 0 Å². The van der Waals surface area contributed by atoms with E-state index in [4.69, 9.17) is 0 Å². The number of hydrogen-bond acceptors (Lipinski definition) is 2. The van der Waals surface area contributed by atoms with Crippen LogP contribution in [0.4, 0.5) is 13.2 Å². The van der Waals surface area contributed by atoms with Crippen molar-refractivity contribution in [2.45, 2.75) is 19.1 Å². The first-order chi connectivity index (χ1) is 7.81. The second-order valence-electron chi connectivity index (χ2n) is 3.44. The van der Waals surface area contributed by atoms with E-state index in [0.29, 0.717) is 0 Å². The highest BCUT2D eigenvalue weighted by Gasteiger charge is 2.35. The van der Waals surface area contributed by atoms with Crippen LogP contribution in [-0.4, -0.2) is 18.0 Å². The molecule has 1 unspecified atom stereocenters. The van der Waals surface area contributed by atoms with Gasteiger partial charge in [-0.3, -0.25) is 14.9 Å². The molecular formula is C11H10F3NO2. The maximum atomic E-state index is 12.0. The number of alkyl halides is 3. The monoisotopic (exact) mass is 245 g/mol. The van der Waals surface area contributed by atoms with Crippen molar-refractivity contribution in [1.82, 2.24) is 5.32 Å². The molecule has 0 heterocycles. The third-order valence-corrected chi connectivity index (χ3v) is 2.07. The van der Waals surface area contributed by atoms with E-state index in [1.165, 1.54) is 12.1 Å².